The van der Waals surface area contributed by atoms with E-state index in [1.807, 2.05) is 0 Å². The highest BCUT2D eigenvalue weighted by Gasteiger charge is 2.34. The summed E-state index contributed by atoms with van der Waals surface area (Å²) in [5.41, 5.74) is 0.888. The molecule has 0 aromatic heterocycles. The van der Waals surface area contributed by atoms with E-state index in [0.29, 0.717) is 30.5 Å². The number of nitrogens with one attached hydrogen (secondary N) is 1. The van der Waals surface area contributed by atoms with Crippen LogP contribution in [0.15, 0.2) is 24.3 Å². The van der Waals surface area contributed by atoms with E-state index in [-0.39, 0.29) is 17.7 Å². The zero-order valence-corrected chi connectivity index (χ0v) is 12.7. The lowest BCUT2D eigenvalue weighted by molar-refractivity contribution is -0.141. The number of carbonyl (C=O) groups excluding carboxylic acids is 2. The number of carboxylic acid groups (broad SMARTS) is 1. The zero-order chi connectivity index (χ0) is 16.3. The van der Waals surface area contributed by atoms with Crippen molar-refractivity contribution in [2.75, 3.05) is 19.4 Å². The van der Waals surface area contributed by atoms with Crippen LogP contribution in [0.4, 0.5) is 5.69 Å². The summed E-state index contributed by atoms with van der Waals surface area (Å²) in [6.45, 7) is 0. The summed E-state index contributed by atoms with van der Waals surface area (Å²) in [5, 5.41) is 11.8. The Hall–Kier alpha value is -2.37. The van der Waals surface area contributed by atoms with Gasteiger partial charge in [-0.05, 0) is 31.4 Å². The molecule has 0 spiro atoms. The van der Waals surface area contributed by atoms with E-state index in [1.54, 1.807) is 38.4 Å². The molecular weight excluding hydrogens is 284 g/mol. The summed E-state index contributed by atoms with van der Waals surface area (Å²) in [5.74, 6) is -2.02. The summed E-state index contributed by atoms with van der Waals surface area (Å²) in [6, 6.07) is 6.82. The molecule has 1 saturated carbocycles. The van der Waals surface area contributed by atoms with Crippen LogP contribution < -0.4 is 5.32 Å². The molecule has 0 bridgehead atoms. The van der Waals surface area contributed by atoms with Crippen LogP contribution in [0.2, 0.25) is 0 Å². The molecule has 0 heterocycles. The van der Waals surface area contributed by atoms with Crippen molar-refractivity contribution in [1.82, 2.24) is 4.90 Å². The van der Waals surface area contributed by atoms with Gasteiger partial charge in [0.15, 0.2) is 0 Å². The van der Waals surface area contributed by atoms with Gasteiger partial charge in [0, 0.05) is 20.0 Å². The fraction of sp³-hybridized carbons (Fsp3) is 0.438. The second-order valence-electron chi connectivity index (χ2n) is 5.78. The van der Waals surface area contributed by atoms with E-state index in [1.165, 1.54) is 4.90 Å². The van der Waals surface area contributed by atoms with E-state index in [2.05, 4.69) is 5.32 Å². The van der Waals surface area contributed by atoms with Gasteiger partial charge in [0.05, 0.1) is 17.2 Å². The number of amides is 2. The van der Waals surface area contributed by atoms with E-state index in [0.717, 1.165) is 0 Å². The predicted molar refractivity (Wildman–Crippen MR) is 81.6 cm³/mol. The molecule has 0 unspecified atom stereocenters. The van der Waals surface area contributed by atoms with E-state index in [9.17, 15) is 14.4 Å². The zero-order valence-electron chi connectivity index (χ0n) is 12.7. The number of nitrogens with zero attached hydrogens (tertiary/aromatic N) is 1. The largest absolute Gasteiger partial charge is 0.481 e. The molecule has 1 aliphatic rings. The Labute approximate surface area is 129 Å². The van der Waals surface area contributed by atoms with E-state index in [4.69, 9.17) is 5.11 Å². The highest BCUT2D eigenvalue weighted by molar-refractivity contribution is 6.04. The van der Waals surface area contributed by atoms with Crippen LogP contribution in [-0.4, -0.2) is 41.9 Å². The van der Waals surface area contributed by atoms with Gasteiger partial charge in [0.1, 0.15) is 0 Å². The van der Waals surface area contributed by atoms with Gasteiger partial charge in [-0.25, -0.2) is 0 Å². The average Bonchev–Trinajstić information content (AvgIpc) is 2.97. The molecule has 0 radical (unpaired) electrons. The average molecular weight is 304 g/mol. The van der Waals surface area contributed by atoms with Crippen LogP contribution in [-0.2, 0) is 9.59 Å². The van der Waals surface area contributed by atoms with Crippen LogP contribution in [0.3, 0.4) is 0 Å². The third-order valence-electron chi connectivity index (χ3n) is 3.97. The number of carbonyl (C=O) groups is 3. The molecule has 6 nitrogen and oxygen atoms in total. The van der Waals surface area contributed by atoms with Gasteiger partial charge in [-0.3, -0.25) is 14.4 Å². The Kier molecular flexibility index (Phi) is 4.80. The third-order valence-corrected chi connectivity index (χ3v) is 3.97. The molecule has 0 saturated heterocycles. The first-order valence-corrected chi connectivity index (χ1v) is 7.24. The van der Waals surface area contributed by atoms with Gasteiger partial charge < -0.3 is 15.3 Å². The van der Waals surface area contributed by atoms with Crippen molar-refractivity contribution in [3.05, 3.63) is 29.8 Å². The van der Waals surface area contributed by atoms with Crippen LogP contribution >= 0.6 is 0 Å². The van der Waals surface area contributed by atoms with Gasteiger partial charge in [0.2, 0.25) is 5.91 Å². The fourth-order valence-corrected chi connectivity index (χ4v) is 2.70. The Balaban J connectivity index is 2.10. The van der Waals surface area contributed by atoms with Crippen molar-refractivity contribution < 1.29 is 19.5 Å². The maximum absolute atomic E-state index is 12.3. The molecule has 1 aromatic rings. The molecule has 0 aliphatic heterocycles. The minimum atomic E-state index is -0.849. The number of rotatable bonds is 4. The number of hydrogen-bond acceptors (Lipinski definition) is 3. The minimum Gasteiger partial charge on any atom is -0.481 e. The molecule has 6 heteroatoms. The molecule has 2 N–H and O–H groups in total. The summed E-state index contributed by atoms with van der Waals surface area (Å²) < 4.78 is 0. The molecule has 1 aromatic carbocycles. The molecule has 22 heavy (non-hydrogen) atoms. The van der Waals surface area contributed by atoms with Crippen LogP contribution in [0.1, 0.15) is 29.6 Å². The summed E-state index contributed by atoms with van der Waals surface area (Å²) in [7, 11) is 3.30. The van der Waals surface area contributed by atoms with Gasteiger partial charge in [-0.15, -0.1) is 0 Å². The van der Waals surface area contributed by atoms with Crippen molar-refractivity contribution in [1.29, 1.82) is 0 Å². The van der Waals surface area contributed by atoms with Crippen molar-refractivity contribution in [3.63, 3.8) is 0 Å². The molecule has 1 fully saturated rings. The highest BCUT2D eigenvalue weighted by atomic mass is 16.4. The summed E-state index contributed by atoms with van der Waals surface area (Å²) in [4.78, 5) is 36.8. The second kappa shape index (κ2) is 6.60. The lowest BCUT2D eigenvalue weighted by Gasteiger charge is -2.16. The second-order valence-corrected chi connectivity index (χ2v) is 5.78. The first-order chi connectivity index (χ1) is 10.4. The van der Waals surface area contributed by atoms with Gasteiger partial charge in [-0.1, -0.05) is 12.1 Å². The lowest BCUT2D eigenvalue weighted by atomic mass is 10.0. The van der Waals surface area contributed by atoms with Crippen LogP contribution in [0.25, 0.3) is 0 Å². The van der Waals surface area contributed by atoms with Crippen molar-refractivity contribution >= 4 is 23.5 Å². The predicted octanol–water partition coefficient (Wildman–Crippen LogP) is 1.83. The molecule has 2 atom stereocenters. The number of hydrogen-bond donors (Lipinski definition) is 2. The van der Waals surface area contributed by atoms with Crippen molar-refractivity contribution in [2.45, 2.75) is 19.3 Å². The topological polar surface area (TPSA) is 86.7 Å². The van der Waals surface area contributed by atoms with Gasteiger partial charge in [-0.2, -0.15) is 0 Å². The Morgan fingerprint density at radius 1 is 1.14 bits per heavy atom. The fourth-order valence-electron chi connectivity index (χ4n) is 2.70. The Morgan fingerprint density at radius 3 is 2.36 bits per heavy atom. The molecular formula is C16H20N2O4. The van der Waals surface area contributed by atoms with E-state index >= 15 is 0 Å². The summed E-state index contributed by atoms with van der Waals surface area (Å²) >= 11 is 0. The lowest BCUT2D eigenvalue weighted by Crippen LogP contribution is -2.26. The third kappa shape index (κ3) is 3.44. The summed E-state index contributed by atoms with van der Waals surface area (Å²) in [6.07, 6.45) is 1.43. The van der Waals surface area contributed by atoms with Gasteiger partial charge >= 0.3 is 5.97 Å². The Morgan fingerprint density at radius 2 is 1.77 bits per heavy atom. The SMILES string of the molecule is CN(C)C(=O)c1ccccc1NC(=O)[C@@H]1CC[C@H](C(=O)O)C1. The van der Waals surface area contributed by atoms with Crippen molar-refractivity contribution in [3.8, 4) is 0 Å². The number of aliphatic carboxylic acids is 1. The molecule has 1 aliphatic carbocycles. The number of carboxylic acids is 1. The minimum absolute atomic E-state index is 0.189. The first-order valence-electron chi connectivity index (χ1n) is 7.24. The standard InChI is InChI=1S/C16H20N2O4/c1-18(2)15(20)12-5-3-4-6-13(12)17-14(19)10-7-8-11(9-10)16(21)22/h3-6,10-11H,7-9H2,1-2H3,(H,17,19)(H,21,22)/t10-,11+/m1/s1. The van der Waals surface area contributed by atoms with Crippen molar-refractivity contribution in [2.24, 2.45) is 11.8 Å². The normalized spacial score (nSPS) is 20.5. The number of para-hydroxylation sites is 1. The molecule has 2 rings (SSSR count). The molecule has 2 amide bonds. The van der Waals surface area contributed by atoms with Gasteiger partial charge in [0.25, 0.3) is 5.91 Å². The monoisotopic (exact) mass is 304 g/mol. The molecule has 118 valence electrons. The van der Waals surface area contributed by atoms with Crippen LogP contribution in [0.5, 0.6) is 0 Å². The van der Waals surface area contributed by atoms with E-state index < -0.39 is 11.9 Å². The smallest absolute Gasteiger partial charge is 0.306 e. The first kappa shape index (κ1) is 16.0. The van der Waals surface area contributed by atoms with Crippen LogP contribution in [0, 0.1) is 11.8 Å². The highest BCUT2D eigenvalue weighted by Crippen LogP contribution is 2.32. The Bertz CT molecular complexity index is 598. The maximum atomic E-state index is 12.3. The quantitative estimate of drug-likeness (QED) is 0.888. The number of anilines is 1. The maximum Gasteiger partial charge on any atom is 0.306 e. The number of benzene rings is 1.